The number of amides is 1. The van der Waals surface area contributed by atoms with Crippen LogP contribution in [0.4, 0.5) is 5.69 Å². The topological polar surface area (TPSA) is 88.6 Å². The van der Waals surface area contributed by atoms with Gasteiger partial charge >= 0.3 is 0 Å². The van der Waals surface area contributed by atoms with Crippen LogP contribution in [0, 0.1) is 6.92 Å². The van der Waals surface area contributed by atoms with Crippen LogP contribution in [0.1, 0.15) is 16.1 Å². The summed E-state index contributed by atoms with van der Waals surface area (Å²) in [5.74, 6) is 0.342. The first kappa shape index (κ1) is 21.0. The third kappa shape index (κ3) is 4.47. The zero-order valence-corrected chi connectivity index (χ0v) is 18.1. The molecule has 0 atom stereocenters. The Balaban J connectivity index is 1.83. The minimum Gasteiger partial charge on any atom is -0.497 e. The lowest BCUT2D eigenvalue weighted by Gasteiger charge is -2.14. The molecular formula is C20H21N3O4S2. The normalized spacial score (nSPS) is 11.5. The molecule has 152 valence electrons. The molecule has 3 aromatic rings. The number of aryl methyl sites for hydroxylation is 1. The summed E-state index contributed by atoms with van der Waals surface area (Å²) in [6.45, 7) is 1.80. The second kappa shape index (κ2) is 8.32. The third-order valence-corrected chi connectivity index (χ3v) is 7.01. The van der Waals surface area contributed by atoms with E-state index >= 15 is 0 Å². The predicted molar refractivity (Wildman–Crippen MR) is 114 cm³/mol. The van der Waals surface area contributed by atoms with Gasteiger partial charge in [0.05, 0.1) is 12.0 Å². The lowest BCUT2D eigenvalue weighted by molar-refractivity contribution is 0.102. The summed E-state index contributed by atoms with van der Waals surface area (Å²) in [7, 11) is 0.926. The van der Waals surface area contributed by atoms with Crippen LogP contribution < -0.4 is 10.1 Å². The fraction of sp³-hybridized carbons (Fsp3) is 0.200. The fourth-order valence-electron chi connectivity index (χ4n) is 2.54. The number of hydrogen-bond acceptors (Lipinski definition) is 6. The zero-order valence-electron chi connectivity index (χ0n) is 16.5. The van der Waals surface area contributed by atoms with Crippen LogP contribution >= 0.6 is 11.3 Å². The fourth-order valence-corrected chi connectivity index (χ4v) is 4.27. The van der Waals surface area contributed by atoms with Gasteiger partial charge in [-0.15, -0.1) is 11.3 Å². The first-order chi connectivity index (χ1) is 13.7. The average Bonchev–Trinajstić information content (AvgIpc) is 3.20. The van der Waals surface area contributed by atoms with Crippen molar-refractivity contribution in [2.75, 3.05) is 26.5 Å². The van der Waals surface area contributed by atoms with Crippen LogP contribution in [0.15, 0.2) is 52.7 Å². The van der Waals surface area contributed by atoms with Gasteiger partial charge in [0.25, 0.3) is 5.91 Å². The molecule has 29 heavy (non-hydrogen) atoms. The molecule has 0 saturated carbocycles. The van der Waals surface area contributed by atoms with Gasteiger partial charge in [-0.2, -0.15) is 0 Å². The summed E-state index contributed by atoms with van der Waals surface area (Å²) in [6.07, 6.45) is 0. The molecule has 1 heterocycles. The number of carbonyl (C=O) groups is 1. The average molecular weight is 432 g/mol. The number of nitrogens with one attached hydrogen (secondary N) is 1. The van der Waals surface area contributed by atoms with Gasteiger partial charge in [-0.3, -0.25) is 4.79 Å². The number of sulfonamides is 1. The molecule has 0 unspecified atom stereocenters. The van der Waals surface area contributed by atoms with Crippen molar-refractivity contribution in [2.45, 2.75) is 11.8 Å². The molecule has 0 aliphatic carbocycles. The molecule has 0 aliphatic heterocycles. The Hall–Kier alpha value is -2.75. The van der Waals surface area contributed by atoms with Gasteiger partial charge in [0.15, 0.2) is 0 Å². The number of ether oxygens (including phenoxy) is 1. The first-order valence-electron chi connectivity index (χ1n) is 8.67. The Labute approximate surface area is 174 Å². The van der Waals surface area contributed by atoms with Crippen LogP contribution in [0.5, 0.6) is 5.75 Å². The summed E-state index contributed by atoms with van der Waals surface area (Å²) >= 11 is 1.36. The van der Waals surface area contributed by atoms with Crippen molar-refractivity contribution in [3.05, 3.63) is 59.1 Å². The summed E-state index contributed by atoms with van der Waals surface area (Å²) in [4.78, 5) is 17.2. The molecule has 1 amide bonds. The Morgan fingerprint density at radius 1 is 1.14 bits per heavy atom. The van der Waals surface area contributed by atoms with Gasteiger partial charge in [0.2, 0.25) is 10.0 Å². The number of carbonyl (C=O) groups excluding carboxylic acids is 1. The molecule has 1 aromatic heterocycles. The number of rotatable bonds is 6. The molecule has 0 bridgehead atoms. The number of thiazole rings is 1. The monoisotopic (exact) mass is 431 g/mol. The maximum absolute atomic E-state index is 12.7. The second-order valence-corrected chi connectivity index (χ2v) is 9.49. The lowest BCUT2D eigenvalue weighted by atomic mass is 10.2. The highest BCUT2D eigenvalue weighted by atomic mass is 32.2. The molecule has 9 heteroatoms. The van der Waals surface area contributed by atoms with Crippen LogP contribution in [0.25, 0.3) is 10.6 Å². The van der Waals surface area contributed by atoms with E-state index in [0.29, 0.717) is 10.7 Å². The lowest BCUT2D eigenvalue weighted by Crippen LogP contribution is -2.22. The van der Waals surface area contributed by atoms with Crippen molar-refractivity contribution in [3.63, 3.8) is 0 Å². The van der Waals surface area contributed by atoms with E-state index in [4.69, 9.17) is 4.74 Å². The van der Waals surface area contributed by atoms with E-state index in [0.717, 1.165) is 21.2 Å². The Bertz CT molecular complexity index is 1140. The molecule has 0 aliphatic rings. The minimum absolute atomic E-state index is 0.112. The molecule has 0 saturated heterocycles. The molecule has 2 aromatic carbocycles. The summed E-state index contributed by atoms with van der Waals surface area (Å²) < 4.78 is 31.0. The zero-order chi connectivity index (χ0) is 21.2. The van der Waals surface area contributed by atoms with E-state index < -0.39 is 15.9 Å². The van der Waals surface area contributed by atoms with Crippen LogP contribution in [-0.2, 0) is 10.0 Å². The SMILES string of the molecule is COc1ccc(-c2nc(C(=O)Nc3cc(S(=O)(=O)N(C)C)ccc3C)cs2)cc1. The van der Waals surface area contributed by atoms with Gasteiger partial charge in [0, 0.05) is 30.7 Å². The number of aromatic nitrogens is 1. The largest absolute Gasteiger partial charge is 0.497 e. The van der Waals surface area contributed by atoms with Gasteiger partial charge in [-0.25, -0.2) is 17.7 Å². The van der Waals surface area contributed by atoms with Gasteiger partial charge < -0.3 is 10.1 Å². The molecule has 0 radical (unpaired) electrons. The third-order valence-electron chi connectivity index (χ3n) is 4.31. The standard InChI is InChI=1S/C20H21N3O4S2/c1-13-5-10-16(29(25,26)23(2)3)11-17(13)21-19(24)18-12-28-20(22-18)14-6-8-15(27-4)9-7-14/h5-12H,1-4H3,(H,21,24). The Kier molecular flexibility index (Phi) is 6.02. The van der Waals surface area contributed by atoms with Crippen molar-refractivity contribution in [1.82, 2.24) is 9.29 Å². The molecule has 0 spiro atoms. The van der Waals surface area contributed by atoms with Gasteiger partial charge in [0.1, 0.15) is 16.5 Å². The van der Waals surface area contributed by atoms with Crippen molar-refractivity contribution in [1.29, 1.82) is 0 Å². The smallest absolute Gasteiger partial charge is 0.275 e. The van der Waals surface area contributed by atoms with E-state index in [1.54, 1.807) is 25.5 Å². The van der Waals surface area contributed by atoms with E-state index in [2.05, 4.69) is 10.3 Å². The molecule has 0 fully saturated rings. The Morgan fingerprint density at radius 3 is 2.45 bits per heavy atom. The van der Waals surface area contributed by atoms with Gasteiger partial charge in [-0.05, 0) is 48.9 Å². The van der Waals surface area contributed by atoms with Crippen molar-refractivity contribution in [3.8, 4) is 16.3 Å². The molecule has 7 nitrogen and oxygen atoms in total. The maximum atomic E-state index is 12.7. The minimum atomic E-state index is -3.60. The highest BCUT2D eigenvalue weighted by Crippen LogP contribution is 2.27. The number of methoxy groups -OCH3 is 1. The van der Waals surface area contributed by atoms with Crippen molar-refractivity contribution in [2.24, 2.45) is 0 Å². The predicted octanol–water partition coefficient (Wildman–Crippen LogP) is 3.63. The van der Waals surface area contributed by atoms with Crippen molar-refractivity contribution >= 4 is 33.0 Å². The summed E-state index contributed by atoms with van der Waals surface area (Å²) in [6, 6.07) is 12.0. The highest BCUT2D eigenvalue weighted by molar-refractivity contribution is 7.89. The van der Waals surface area contributed by atoms with E-state index in [1.807, 2.05) is 24.3 Å². The highest BCUT2D eigenvalue weighted by Gasteiger charge is 2.19. The number of hydrogen-bond donors (Lipinski definition) is 1. The van der Waals surface area contributed by atoms with E-state index in [-0.39, 0.29) is 10.6 Å². The second-order valence-electron chi connectivity index (χ2n) is 6.48. The Morgan fingerprint density at radius 2 is 1.83 bits per heavy atom. The van der Waals surface area contributed by atoms with Crippen LogP contribution in [0.2, 0.25) is 0 Å². The first-order valence-corrected chi connectivity index (χ1v) is 11.0. The summed E-state index contributed by atoms with van der Waals surface area (Å²) in [5, 5.41) is 5.14. The summed E-state index contributed by atoms with van der Waals surface area (Å²) in [5.41, 5.74) is 2.32. The number of anilines is 1. The van der Waals surface area contributed by atoms with Crippen LogP contribution in [0.3, 0.4) is 0 Å². The van der Waals surface area contributed by atoms with E-state index in [1.165, 1.54) is 37.6 Å². The quantitative estimate of drug-likeness (QED) is 0.644. The van der Waals surface area contributed by atoms with Gasteiger partial charge in [-0.1, -0.05) is 6.07 Å². The number of nitrogens with zero attached hydrogens (tertiary/aromatic N) is 2. The molecular weight excluding hydrogens is 410 g/mol. The van der Waals surface area contributed by atoms with E-state index in [9.17, 15) is 13.2 Å². The number of benzene rings is 2. The maximum Gasteiger partial charge on any atom is 0.275 e. The van der Waals surface area contributed by atoms with Crippen molar-refractivity contribution < 1.29 is 17.9 Å². The molecule has 1 N–H and O–H groups in total. The molecule has 3 rings (SSSR count). The van der Waals surface area contributed by atoms with Crippen LogP contribution in [-0.4, -0.2) is 44.8 Å².